The standard InChI is InChI=1S/C12H17N5/c1-8-5-6-11-15-12(16-17(11)7-8)14-10-4-2-3-9(10)13/h5-7,9-10H,2-4,13H2,1H3,(H,14,16). The molecule has 2 aromatic heterocycles. The molecule has 3 rings (SSSR count). The van der Waals surface area contributed by atoms with Crippen LogP contribution in [0.1, 0.15) is 24.8 Å². The van der Waals surface area contributed by atoms with Crippen LogP contribution in [0.5, 0.6) is 0 Å². The molecule has 1 fully saturated rings. The molecule has 2 unspecified atom stereocenters. The molecule has 0 amide bonds. The number of hydrogen-bond donors (Lipinski definition) is 2. The SMILES string of the molecule is Cc1ccc2nc(NC3CCCC3N)nn2c1. The first kappa shape index (κ1) is 10.5. The minimum atomic E-state index is 0.225. The molecular formula is C12H17N5. The Hall–Kier alpha value is -1.62. The van der Waals surface area contributed by atoms with Gasteiger partial charge in [0.15, 0.2) is 5.65 Å². The number of fused-ring (bicyclic) bond motifs is 1. The first-order chi connectivity index (χ1) is 8.22. The van der Waals surface area contributed by atoms with Gasteiger partial charge in [0.2, 0.25) is 5.95 Å². The molecule has 2 heterocycles. The summed E-state index contributed by atoms with van der Waals surface area (Å²) in [5, 5.41) is 7.74. The van der Waals surface area contributed by atoms with Crippen molar-refractivity contribution < 1.29 is 0 Å². The van der Waals surface area contributed by atoms with Gasteiger partial charge in [0.05, 0.1) is 0 Å². The normalized spacial score (nSPS) is 24.4. The second-order valence-corrected chi connectivity index (χ2v) is 4.79. The maximum absolute atomic E-state index is 6.02. The lowest BCUT2D eigenvalue weighted by Crippen LogP contribution is -2.35. The number of anilines is 1. The van der Waals surface area contributed by atoms with Crippen molar-refractivity contribution in [2.75, 3.05) is 5.32 Å². The van der Waals surface area contributed by atoms with Crippen molar-refractivity contribution in [2.45, 2.75) is 38.3 Å². The topological polar surface area (TPSA) is 68.2 Å². The van der Waals surface area contributed by atoms with Crippen molar-refractivity contribution in [3.63, 3.8) is 0 Å². The summed E-state index contributed by atoms with van der Waals surface area (Å²) in [6, 6.07) is 4.55. The molecule has 17 heavy (non-hydrogen) atoms. The zero-order valence-electron chi connectivity index (χ0n) is 9.93. The maximum atomic E-state index is 6.02. The van der Waals surface area contributed by atoms with Crippen LogP contribution in [-0.2, 0) is 0 Å². The van der Waals surface area contributed by atoms with Crippen molar-refractivity contribution >= 4 is 11.6 Å². The average molecular weight is 231 g/mol. The Morgan fingerprint density at radius 2 is 2.29 bits per heavy atom. The van der Waals surface area contributed by atoms with Crippen LogP contribution in [0.3, 0.4) is 0 Å². The number of hydrogen-bond acceptors (Lipinski definition) is 4. The highest BCUT2D eigenvalue weighted by Gasteiger charge is 2.24. The van der Waals surface area contributed by atoms with Gasteiger partial charge in [-0.3, -0.25) is 0 Å². The molecule has 3 N–H and O–H groups in total. The summed E-state index contributed by atoms with van der Waals surface area (Å²) in [7, 11) is 0. The maximum Gasteiger partial charge on any atom is 0.243 e. The van der Waals surface area contributed by atoms with E-state index in [9.17, 15) is 0 Å². The van der Waals surface area contributed by atoms with E-state index in [1.807, 2.05) is 25.3 Å². The Morgan fingerprint density at radius 3 is 3.06 bits per heavy atom. The van der Waals surface area contributed by atoms with Gasteiger partial charge in [0.25, 0.3) is 0 Å². The van der Waals surface area contributed by atoms with Gasteiger partial charge in [-0.2, -0.15) is 4.98 Å². The highest BCUT2D eigenvalue weighted by Crippen LogP contribution is 2.20. The lowest BCUT2D eigenvalue weighted by molar-refractivity contribution is 0.632. The van der Waals surface area contributed by atoms with Gasteiger partial charge in [0.1, 0.15) is 0 Å². The monoisotopic (exact) mass is 231 g/mol. The summed E-state index contributed by atoms with van der Waals surface area (Å²) >= 11 is 0. The van der Waals surface area contributed by atoms with Crippen LogP contribution >= 0.6 is 0 Å². The number of nitrogens with one attached hydrogen (secondary N) is 1. The van der Waals surface area contributed by atoms with Crippen LogP contribution in [0.4, 0.5) is 5.95 Å². The minimum Gasteiger partial charge on any atom is -0.349 e. The Kier molecular flexibility index (Phi) is 2.48. The highest BCUT2D eigenvalue weighted by atomic mass is 15.3. The van der Waals surface area contributed by atoms with Gasteiger partial charge in [0, 0.05) is 18.3 Å². The molecule has 0 aliphatic heterocycles. The van der Waals surface area contributed by atoms with Crippen molar-refractivity contribution in [3.05, 3.63) is 23.9 Å². The number of pyridine rings is 1. The van der Waals surface area contributed by atoms with Gasteiger partial charge in [-0.1, -0.05) is 6.07 Å². The molecule has 5 nitrogen and oxygen atoms in total. The average Bonchev–Trinajstić information content (AvgIpc) is 2.85. The van der Waals surface area contributed by atoms with Crippen LogP contribution < -0.4 is 11.1 Å². The molecule has 0 aromatic carbocycles. The first-order valence-corrected chi connectivity index (χ1v) is 6.07. The molecule has 1 saturated carbocycles. The number of aryl methyl sites for hydroxylation is 1. The molecule has 5 heteroatoms. The van der Waals surface area contributed by atoms with Crippen LogP contribution in [0, 0.1) is 6.92 Å². The third-order valence-electron chi connectivity index (χ3n) is 3.36. The van der Waals surface area contributed by atoms with E-state index in [-0.39, 0.29) is 6.04 Å². The largest absolute Gasteiger partial charge is 0.349 e. The summed E-state index contributed by atoms with van der Waals surface area (Å²) in [6.07, 6.45) is 5.35. The predicted octanol–water partition coefficient (Wildman–Crippen LogP) is 1.33. The molecular weight excluding hydrogens is 214 g/mol. The Morgan fingerprint density at radius 1 is 1.41 bits per heavy atom. The van der Waals surface area contributed by atoms with Gasteiger partial charge in [-0.15, -0.1) is 5.10 Å². The molecule has 0 bridgehead atoms. The summed E-state index contributed by atoms with van der Waals surface area (Å²) in [5.74, 6) is 0.679. The highest BCUT2D eigenvalue weighted by molar-refractivity contribution is 5.44. The fourth-order valence-electron chi connectivity index (χ4n) is 2.38. The van der Waals surface area contributed by atoms with Crippen LogP contribution in [0.25, 0.3) is 5.65 Å². The van der Waals surface area contributed by atoms with Gasteiger partial charge in [-0.25, -0.2) is 4.52 Å². The molecule has 2 aromatic rings. The Balaban J connectivity index is 1.85. The fraction of sp³-hybridized carbons (Fsp3) is 0.500. The zero-order valence-corrected chi connectivity index (χ0v) is 9.93. The van der Waals surface area contributed by atoms with Crippen molar-refractivity contribution in [1.29, 1.82) is 0 Å². The van der Waals surface area contributed by atoms with E-state index in [4.69, 9.17) is 5.73 Å². The van der Waals surface area contributed by atoms with E-state index in [1.165, 1.54) is 12.0 Å². The van der Waals surface area contributed by atoms with Crippen molar-refractivity contribution in [3.8, 4) is 0 Å². The molecule has 0 radical (unpaired) electrons. The predicted molar refractivity (Wildman–Crippen MR) is 67.0 cm³/mol. The van der Waals surface area contributed by atoms with Crippen LogP contribution in [0.15, 0.2) is 18.3 Å². The third-order valence-corrected chi connectivity index (χ3v) is 3.36. The number of aromatic nitrogens is 3. The van der Waals surface area contributed by atoms with E-state index in [0.29, 0.717) is 12.0 Å². The second kappa shape index (κ2) is 4.00. The molecule has 2 atom stereocenters. The molecule has 1 aliphatic carbocycles. The van der Waals surface area contributed by atoms with E-state index in [2.05, 4.69) is 15.4 Å². The summed E-state index contributed by atoms with van der Waals surface area (Å²) < 4.78 is 1.80. The number of nitrogens with zero attached hydrogens (tertiary/aromatic N) is 3. The third kappa shape index (κ3) is 1.98. The Labute approximate surface area is 100 Å². The summed E-state index contributed by atoms with van der Waals surface area (Å²) in [4.78, 5) is 4.44. The van der Waals surface area contributed by atoms with E-state index in [0.717, 1.165) is 18.5 Å². The fourth-order valence-corrected chi connectivity index (χ4v) is 2.38. The first-order valence-electron chi connectivity index (χ1n) is 6.07. The van der Waals surface area contributed by atoms with Gasteiger partial charge < -0.3 is 11.1 Å². The Bertz CT molecular complexity index is 533. The smallest absolute Gasteiger partial charge is 0.243 e. The van der Waals surface area contributed by atoms with E-state index < -0.39 is 0 Å². The van der Waals surface area contributed by atoms with Gasteiger partial charge in [-0.05, 0) is 37.8 Å². The molecule has 0 spiro atoms. The summed E-state index contributed by atoms with van der Waals surface area (Å²) in [6.45, 7) is 2.04. The number of nitrogens with two attached hydrogens (primary N) is 1. The zero-order chi connectivity index (χ0) is 11.8. The molecule has 1 aliphatic rings. The van der Waals surface area contributed by atoms with E-state index in [1.54, 1.807) is 4.52 Å². The lowest BCUT2D eigenvalue weighted by atomic mass is 10.2. The van der Waals surface area contributed by atoms with Crippen molar-refractivity contribution in [1.82, 2.24) is 14.6 Å². The second-order valence-electron chi connectivity index (χ2n) is 4.79. The lowest BCUT2D eigenvalue weighted by Gasteiger charge is -2.15. The quantitative estimate of drug-likeness (QED) is 0.818. The van der Waals surface area contributed by atoms with Crippen LogP contribution in [-0.4, -0.2) is 26.7 Å². The molecule has 90 valence electrons. The minimum absolute atomic E-state index is 0.225. The summed E-state index contributed by atoms with van der Waals surface area (Å²) in [5.41, 5.74) is 8.06. The van der Waals surface area contributed by atoms with Crippen molar-refractivity contribution in [2.24, 2.45) is 5.73 Å². The number of rotatable bonds is 2. The molecule has 0 saturated heterocycles. The van der Waals surface area contributed by atoms with E-state index >= 15 is 0 Å². The van der Waals surface area contributed by atoms with Gasteiger partial charge >= 0.3 is 0 Å². The van der Waals surface area contributed by atoms with Crippen LogP contribution in [0.2, 0.25) is 0 Å².